The highest BCUT2D eigenvalue weighted by Crippen LogP contribution is 2.36. The number of anilines is 1. The Balaban J connectivity index is 1.64. The number of alkyl halides is 1. The molecule has 0 aliphatic heterocycles. The largest absolute Gasteiger partial charge is 0.302 e. The van der Waals surface area contributed by atoms with Gasteiger partial charge in [-0.15, -0.1) is 0 Å². The van der Waals surface area contributed by atoms with E-state index in [4.69, 9.17) is 11.6 Å². The van der Waals surface area contributed by atoms with Crippen molar-refractivity contribution in [2.75, 3.05) is 5.32 Å². The third-order valence-corrected chi connectivity index (χ3v) is 5.20. The van der Waals surface area contributed by atoms with Crippen molar-refractivity contribution < 1.29 is 9.18 Å². The average molecular weight is 362 g/mol. The van der Waals surface area contributed by atoms with E-state index in [1.54, 1.807) is 6.20 Å². The summed E-state index contributed by atoms with van der Waals surface area (Å²) in [7, 11) is 0. The van der Waals surface area contributed by atoms with Gasteiger partial charge in [-0.25, -0.2) is 14.4 Å². The molecule has 3 aromatic rings. The molecule has 4 rings (SSSR count). The lowest BCUT2D eigenvalue weighted by atomic mass is 10.0. The highest BCUT2D eigenvalue weighted by atomic mass is 35.5. The molecule has 0 radical (unpaired) electrons. The van der Waals surface area contributed by atoms with E-state index in [0.717, 1.165) is 26.9 Å². The van der Waals surface area contributed by atoms with Gasteiger partial charge in [0, 0.05) is 11.8 Å². The molecule has 1 fully saturated rings. The van der Waals surface area contributed by atoms with Gasteiger partial charge in [0.05, 0.1) is 16.1 Å². The van der Waals surface area contributed by atoms with Crippen LogP contribution in [0, 0.1) is 12.8 Å². The Morgan fingerprint density at radius 2 is 2.21 bits per heavy atom. The molecule has 2 atom stereocenters. The molecule has 1 N–H and O–H groups in total. The number of hydrogen-bond donors (Lipinski definition) is 1. The number of amides is 1. The minimum absolute atomic E-state index is 0.292. The van der Waals surface area contributed by atoms with Crippen molar-refractivity contribution in [3.63, 3.8) is 0 Å². The molecule has 1 amide bonds. The molecule has 1 aliphatic rings. The van der Waals surface area contributed by atoms with Crippen molar-refractivity contribution in [3.05, 3.63) is 41.2 Å². The van der Waals surface area contributed by atoms with E-state index in [1.165, 1.54) is 11.3 Å². The summed E-state index contributed by atoms with van der Waals surface area (Å²) < 4.78 is 13.9. The van der Waals surface area contributed by atoms with Gasteiger partial charge in [0.1, 0.15) is 11.3 Å². The summed E-state index contributed by atoms with van der Waals surface area (Å²) in [5, 5.41) is 3.66. The number of halogens is 2. The first-order chi connectivity index (χ1) is 11.5. The number of fused-ring (bicyclic) bond motifs is 1. The maximum Gasteiger partial charge on any atom is 0.232 e. The number of benzene rings is 1. The molecule has 0 spiro atoms. The van der Waals surface area contributed by atoms with Crippen molar-refractivity contribution >= 4 is 44.2 Å². The molecule has 1 aliphatic carbocycles. The number of carbonyl (C=O) groups excluding carboxylic acids is 1. The van der Waals surface area contributed by atoms with Gasteiger partial charge in [-0.3, -0.25) is 4.79 Å². The number of nitrogens with zero attached hydrogens (tertiary/aromatic N) is 2. The van der Waals surface area contributed by atoms with Crippen LogP contribution in [0.3, 0.4) is 0 Å². The van der Waals surface area contributed by atoms with Crippen molar-refractivity contribution in [1.82, 2.24) is 9.97 Å². The van der Waals surface area contributed by atoms with Gasteiger partial charge in [0.25, 0.3) is 0 Å². The minimum atomic E-state index is -1.01. The lowest BCUT2D eigenvalue weighted by Crippen LogP contribution is -2.14. The molecule has 0 bridgehead atoms. The summed E-state index contributed by atoms with van der Waals surface area (Å²) >= 11 is 7.28. The maximum atomic E-state index is 12.9. The second-order valence-corrected chi connectivity index (χ2v) is 7.29. The van der Waals surface area contributed by atoms with Crippen molar-refractivity contribution in [2.24, 2.45) is 5.92 Å². The van der Waals surface area contributed by atoms with Gasteiger partial charge >= 0.3 is 0 Å². The van der Waals surface area contributed by atoms with Crippen LogP contribution in [0.5, 0.6) is 0 Å². The molecule has 1 unspecified atom stereocenters. The van der Waals surface area contributed by atoms with Crippen LogP contribution in [0.15, 0.2) is 30.5 Å². The van der Waals surface area contributed by atoms with Crippen LogP contribution in [0.1, 0.15) is 12.0 Å². The van der Waals surface area contributed by atoms with Crippen LogP contribution in [0.2, 0.25) is 5.15 Å². The van der Waals surface area contributed by atoms with Crippen LogP contribution in [-0.2, 0) is 4.79 Å². The Morgan fingerprint density at radius 1 is 1.42 bits per heavy atom. The number of aryl methyl sites for hydroxylation is 1. The fourth-order valence-electron chi connectivity index (χ4n) is 2.60. The molecule has 1 aromatic carbocycles. The zero-order valence-corrected chi connectivity index (χ0v) is 14.3. The number of carbonyl (C=O) groups is 1. The Hall–Kier alpha value is -2.05. The maximum absolute atomic E-state index is 12.9. The fourth-order valence-corrected chi connectivity index (χ4v) is 3.72. The highest BCUT2D eigenvalue weighted by molar-refractivity contribution is 7.22. The monoisotopic (exact) mass is 361 g/mol. The van der Waals surface area contributed by atoms with E-state index in [0.29, 0.717) is 16.7 Å². The van der Waals surface area contributed by atoms with E-state index in [9.17, 15) is 9.18 Å². The summed E-state index contributed by atoms with van der Waals surface area (Å²) in [4.78, 5) is 20.3. The third kappa shape index (κ3) is 2.87. The molecule has 7 heteroatoms. The highest BCUT2D eigenvalue weighted by Gasteiger charge is 2.43. The lowest BCUT2D eigenvalue weighted by molar-refractivity contribution is -0.117. The Bertz CT molecular complexity index is 958. The minimum Gasteiger partial charge on any atom is -0.302 e. The predicted molar refractivity (Wildman–Crippen MR) is 94.2 cm³/mol. The molecule has 24 heavy (non-hydrogen) atoms. The van der Waals surface area contributed by atoms with E-state index < -0.39 is 12.1 Å². The van der Waals surface area contributed by atoms with Gasteiger partial charge < -0.3 is 5.32 Å². The first-order valence-corrected chi connectivity index (χ1v) is 8.69. The second kappa shape index (κ2) is 5.79. The van der Waals surface area contributed by atoms with Crippen LogP contribution in [-0.4, -0.2) is 22.0 Å². The zero-order chi connectivity index (χ0) is 16.8. The van der Waals surface area contributed by atoms with Crippen molar-refractivity contribution in [3.8, 4) is 11.1 Å². The van der Waals surface area contributed by atoms with E-state index >= 15 is 0 Å². The van der Waals surface area contributed by atoms with Gasteiger partial charge in [-0.1, -0.05) is 29.0 Å². The van der Waals surface area contributed by atoms with E-state index in [-0.39, 0.29) is 5.91 Å². The number of pyridine rings is 1. The summed E-state index contributed by atoms with van der Waals surface area (Å²) in [5.41, 5.74) is 3.84. The zero-order valence-electron chi connectivity index (χ0n) is 12.7. The number of nitrogens with one attached hydrogen (secondary N) is 1. The standard InChI is InChI=1S/C17H13ClFN3OS/c1-8-4-15(18)20-7-11(8)9-2-3-13-14(5-9)24-17(21-13)22-16(23)10-6-12(10)19/h2-5,7,10,12H,6H2,1H3,(H,21,22,23)/t10-,12?/m1/s1. The van der Waals surface area contributed by atoms with Gasteiger partial charge in [0.2, 0.25) is 5.91 Å². The fraction of sp³-hybridized carbons (Fsp3) is 0.235. The summed E-state index contributed by atoms with van der Waals surface area (Å²) in [5.74, 6) is -0.810. The van der Waals surface area contributed by atoms with Gasteiger partial charge in [0.15, 0.2) is 5.13 Å². The van der Waals surface area contributed by atoms with Gasteiger partial charge in [-0.05, 0) is 42.7 Å². The topological polar surface area (TPSA) is 54.9 Å². The molecule has 2 aromatic heterocycles. The van der Waals surface area contributed by atoms with Crippen molar-refractivity contribution in [1.29, 1.82) is 0 Å². The summed E-state index contributed by atoms with van der Waals surface area (Å²) in [6.07, 6.45) is 1.05. The molecule has 1 saturated carbocycles. The smallest absolute Gasteiger partial charge is 0.232 e. The number of thiazole rings is 1. The molecular formula is C17H13ClFN3OS. The number of hydrogen-bond acceptors (Lipinski definition) is 4. The number of rotatable bonds is 3. The quantitative estimate of drug-likeness (QED) is 0.693. The second-order valence-electron chi connectivity index (χ2n) is 5.87. The SMILES string of the molecule is Cc1cc(Cl)ncc1-c1ccc2nc(NC(=O)[C@@H]3CC3F)sc2c1. The molecule has 122 valence electrons. The Labute approximate surface area is 146 Å². The number of aromatic nitrogens is 2. The summed E-state index contributed by atoms with van der Waals surface area (Å²) in [6, 6.07) is 7.70. The van der Waals surface area contributed by atoms with Crippen molar-refractivity contribution in [2.45, 2.75) is 19.5 Å². The van der Waals surface area contributed by atoms with E-state index in [1.807, 2.05) is 31.2 Å². The molecule has 0 saturated heterocycles. The van der Waals surface area contributed by atoms with Crippen LogP contribution < -0.4 is 5.32 Å². The molecule has 4 nitrogen and oxygen atoms in total. The Morgan fingerprint density at radius 3 is 2.92 bits per heavy atom. The van der Waals surface area contributed by atoms with Gasteiger partial charge in [-0.2, -0.15) is 0 Å². The predicted octanol–water partition coefficient (Wildman–Crippen LogP) is 4.62. The van der Waals surface area contributed by atoms with Crippen LogP contribution in [0.4, 0.5) is 9.52 Å². The first-order valence-electron chi connectivity index (χ1n) is 7.49. The van der Waals surface area contributed by atoms with Crippen LogP contribution >= 0.6 is 22.9 Å². The Kier molecular flexibility index (Phi) is 3.73. The summed E-state index contributed by atoms with van der Waals surface area (Å²) in [6.45, 7) is 1.98. The normalized spacial score (nSPS) is 19.5. The molecule has 2 heterocycles. The average Bonchev–Trinajstić information content (AvgIpc) is 3.13. The third-order valence-electron chi connectivity index (χ3n) is 4.06. The van der Waals surface area contributed by atoms with Crippen LogP contribution in [0.25, 0.3) is 21.3 Å². The molecular weight excluding hydrogens is 349 g/mol. The lowest BCUT2D eigenvalue weighted by Gasteiger charge is -2.05. The van der Waals surface area contributed by atoms with E-state index in [2.05, 4.69) is 15.3 Å². The first kappa shape index (κ1) is 15.5.